The Morgan fingerprint density at radius 1 is 1.60 bits per heavy atom. The third kappa shape index (κ3) is 2.64. The van der Waals surface area contributed by atoms with E-state index in [1.54, 1.807) is 6.20 Å². The number of rotatable bonds is 3. The summed E-state index contributed by atoms with van der Waals surface area (Å²) >= 11 is 9.61. The van der Waals surface area contributed by atoms with Crippen LogP contribution >= 0.6 is 27.5 Å². The molecule has 1 aromatic rings. The van der Waals surface area contributed by atoms with Crippen LogP contribution in [0.2, 0.25) is 5.02 Å². The molecule has 0 bridgehead atoms. The Bertz CT molecular complexity index is 332. The van der Waals surface area contributed by atoms with Crippen LogP contribution in [0.15, 0.2) is 18.3 Å². The summed E-state index contributed by atoms with van der Waals surface area (Å²) in [5.74, 6) is 1.72. The van der Waals surface area contributed by atoms with Gasteiger partial charge >= 0.3 is 0 Å². The predicted molar refractivity (Wildman–Crippen MR) is 68.0 cm³/mol. The van der Waals surface area contributed by atoms with Crippen molar-refractivity contribution in [2.75, 3.05) is 23.3 Å². The van der Waals surface area contributed by atoms with Crippen LogP contribution in [0, 0.1) is 5.92 Å². The van der Waals surface area contributed by atoms with Gasteiger partial charge in [-0.25, -0.2) is 4.98 Å². The van der Waals surface area contributed by atoms with E-state index >= 15 is 0 Å². The molecule has 2 nitrogen and oxygen atoms in total. The van der Waals surface area contributed by atoms with Gasteiger partial charge in [0.2, 0.25) is 0 Å². The van der Waals surface area contributed by atoms with E-state index in [4.69, 9.17) is 11.6 Å². The van der Waals surface area contributed by atoms with Crippen molar-refractivity contribution in [3.05, 3.63) is 23.4 Å². The van der Waals surface area contributed by atoms with Crippen LogP contribution in [-0.4, -0.2) is 23.4 Å². The average Bonchev–Trinajstić information content (AvgIpc) is 2.68. The van der Waals surface area contributed by atoms with E-state index in [9.17, 15) is 0 Å². The maximum Gasteiger partial charge on any atom is 0.147 e. The lowest BCUT2D eigenvalue weighted by Crippen LogP contribution is -2.21. The van der Waals surface area contributed by atoms with E-state index in [0.29, 0.717) is 0 Å². The van der Waals surface area contributed by atoms with E-state index in [1.807, 2.05) is 12.1 Å². The molecule has 0 amide bonds. The Morgan fingerprint density at radius 3 is 3.20 bits per heavy atom. The average molecular weight is 290 g/mol. The lowest BCUT2D eigenvalue weighted by molar-refractivity contribution is 0.575. The molecule has 1 aromatic heterocycles. The number of nitrogens with zero attached hydrogens (tertiary/aromatic N) is 2. The SMILES string of the molecule is Clc1cccnc1N1CCC(CCBr)C1. The van der Waals surface area contributed by atoms with Crippen LogP contribution in [0.1, 0.15) is 12.8 Å². The summed E-state index contributed by atoms with van der Waals surface area (Å²) < 4.78 is 0. The maximum atomic E-state index is 6.12. The molecule has 1 atom stereocenters. The standard InChI is InChI=1S/C11H14BrClN2/c12-5-3-9-4-7-15(8-9)11-10(13)2-1-6-14-11/h1-2,6,9H,3-5,7-8H2. The number of hydrogen-bond donors (Lipinski definition) is 0. The lowest BCUT2D eigenvalue weighted by Gasteiger charge is -2.18. The van der Waals surface area contributed by atoms with Gasteiger partial charge in [-0.15, -0.1) is 0 Å². The van der Waals surface area contributed by atoms with Crippen molar-refractivity contribution in [1.29, 1.82) is 0 Å². The first kappa shape index (κ1) is 11.2. The van der Waals surface area contributed by atoms with Crippen LogP contribution < -0.4 is 4.90 Å². The molecule has 1 unspecified atom stereocenters. The van der Waals surface area contributed by atoms with Crippen LogP contribution in [0.5, 0.6) is 0 Å². The van der Waals surface area contributed by atoms with Crippen molar-refractivity contribution in [3.8, 4) is 0 Å². The van der Waals surface area contributed by atoms with E-state index in [0.717, 1.165) is 35.2 Å². The molecule has 1 fully saturated rings. The highest BCUT2D eigenvalue weighted by atomic mass is 79.9. The molecule has 0 N–H and O–H groups in total. The molecule has 1 aliphatic heterocycles. The summed E-state index contributed by atoms with van der Waals surface area (Å²) in [6.07, 6.45) is 4.29. The van der Waals surface area contributed by atoms with Crippen molar-refractivity contribution in [3.63, 3.8) is 0 Å². The van der Waals surface area contributed by atoms with Gasteiger partial charge in [-0.3, -0.25) is 0 Å². The normalized spacial score (nSPS) is 20.9. The smallest absolute Gasteiger partial charge is 0.147 e. The lowest BCUT2D eigenvalue weighted by atomic mass is 10.1. The zero-order chi connectivity index (χ0) is 10.7. The zero-order valence-corrected chi connectivity index (χ0v) is 10.8. The molecule has 4 heteroatoms. The molecule has 0 aliphatic carbocycles. The minimum Gasteiger partial charge on any atom is -0.355 e. The molecule has 0 aromatic carbocycles. The summed E-state index contributed by atoms with van der Waals surface area (Å²) in [6, 6.07) is 3.78. The van der Waals surface area contributed by atoms with Crippen LogP contribution in [0.25, 0.3) is 0 Å². The second-order valence-corrected chi connectivity index (χ2v) is 5.09. The van der Waals surface area contributed by atoms with E-state index in [-0.39, 0.29) is 0 Å². The summed E-state index contributed by atoms with van der Waals surface area (Å²) in [4.78, 5) is 6.62. The van der Waals surface area contributed by atoms with Crippen molar-refractivity contribution in [2.24, 2.45) is 5.92 Å². The molecule has 1 aliphatic rings. The molecule has 2 rings (SSSR count). The third-order valence-electron chi connectivity index (χ3n) is 2.84. The Labute approximate surface area is 104 Å². The molecule has 1 saturated heterocycles. The number of alkyl halides is 1. The van der Waals surface area contributed by atoms with Crippen molar-refractivity contribution in [2.45, 2.75) is 12.8 Å². The van der Waals surface area contributed by atoms with Gasteiger partial charge in [0.25, 0.3) is 0 Å². The van der Waals surface area contributed by atoms with Crippen molar-refractivity contribution >= 4 is 33.3 Å². The number of pyridine rings is 1. The number of halogens is 2. The van der Waals surface area contributed by atoms with Gasteiger partial charge in [0, 0.05) is 24.6 Å². The monoisotopic (exact) mass is 288 g/mol. The van der Waals surface area contributed by atoms with Gasteiger partial charge in [-0.05, 0) is 30.9 Å². The molecular formula is C11H14BrClN2. The Morgan fingerprint density at radius 2 is 2.47 bits per heavy atom. The zero-order valence-electron chi connectivity index (χ0n) is 8.50. The van der Waals surface area contributed by atoms with Crippen LogP contribution in [0.3, 0.4) is 0 Å². The fourth-order valence-corrected chi connectivity index (χ4v) is 2.91. The highest BCUT2D eigenvalue weighted by Crippen LogP contribution is 2.29. The van der Waals surface area contributed by atoms with Crippen molar-refractivity contribution in [1.82, 2.24) is 4.98 Å². The van der Waals surface area contributed by atoms with E-state index in [1.165, 1.54) is 12.8 Å². The van der Waals surface area contributed by atoms with Gasteiger partial charge < -0.3 is 4.90 Å². The molecule has 0 spiro atoms. The van der Waals surface area contributed by atoms with E-state index < -0.39 is 0 Å². The largest absolute Gasteiger partial charge is 0.355 e. The fraction of sp³-hybridized carbons (Fsp3) is 0.545. The second-order valence-electron chi connectivity index (χ2n) is 3.89. The summed E-state index contributed by atoms with van der Waals surface area (Å²) in [7, 11) is 0. The summed E-state index contributed by atoms with van der Waals surface area (Å²) in [6.45, 7) is 2.16. The quantitative estimate of drug-likeness (QED) is 0.793. The Hall–Kier alpha value is -0.280. The number of anilines is 1. The first-order chi connectivity index (χ1) is 7.31. The minimum absolute atomic E-state index is 0.761. The Balaban J connectivity index is 2.04. The summed E-state index contributed by atoms with van der Waals surface area (Å²) in [5.41, 5.74) is 0. The van der Waals surface area contributed by atoms with Crippen LogP contribution in [-0.2, 0) is 0 Å². The van der Waals surface area contributed by atoms with Crippen molar-refractivity contribution < 1.29 is 0 Å². The molecular weight excluding hydrogens is 275 g/mol. The molecule has 0 saturated carbocycles. The number of hydrogen-bond acceptors (Lipinski definition) is 2. The van der Waals surface area contributed by atoms with Gasteiger partial charge in [-0.1, -0.05) is 27.5 Å². The van der Waals surface area contributed by atoms with Gasteiger partial charge in [0.05, 0.1) is 5.02 Å². The Kier molecular flexibility index (Phi) is 3.87. The topological polar surface area (TPSA) is 16.1 Å². The summed E-state index contributed by atoms with van der Waals surface area (Å²) in [5, 5.41) is 1.85. The first-order valence-corrected chi connectivity index (χ1v) is 6.72. The highest BCUT2D eigenvalue weighted by Gasteiger charge is 2.23. The predicted octanol–water partition coefficient (Wildman–Crippen LogP) is 3.35. The molecule has 82 valence electrons. The fourth-order valence-electron chi connectivity index (χ4n) is 2.03. The molecule has 0 radical (unpaired) electrons. The second kappa shape index (κ2) is 5.17. The van der Waals surface area contributed by atoms with Gasteiger partial charge in [0.1, 0.15) is 5.82 Å². The molecule has 15 heavy (non-hydrogen) atoms. The minimum atomic E-state index is 0.761. The van der Waals surface area contributed by atoms with Gasteiger partial charge in [0.15, 0.2) is 0 Å². The third-order valence-corrected chi connectivity index (χ3v) is 3.59. The first-order valence-electron chi connectivity index (χ1n) is 5.22. The van der Waals surface area contributed by atoms with E-state index in [2.05, 4.69) is 25.8 Å². The number of aromatic nitrogens is 1. The van der Waals surface area contributed by atoms with Crippen LogP contribution in [0.4, 0.5) is 5.82 Å². The molecule has 2 heterocycles. The van der Waals surface area contributed by atoms with Gasteiger partial charge in [-0.2, -0.15) is 0 Å². The highest BCUT2D eigenvalue weighted by molar-refractivity contribution is 9.09. The maximum absolute atomic E-state index is 6.12.